The number of aryl methyl sites for hydroxylation is 1. The third-order valence-electron chi connectivity index (χ3n) is 3.74. The second-order valence-electron chi connectivity index (χ2n) is 5.44. The van der Waals surface area contributed by atoms with Crippen molar-refractivity contribution in [1.29, 1.82) is 0 Å². The van der Waals surface area contributed by atoms with Gasteiger partial charge in [-0.25, -0.2) is 4.98 Å². The van der Waals surface area contributed by atoms with E-state index >= 15 is 0 Å². The van der Waals surface area contributed by atoms with Gasteiger partial charge in [0, 0.05) is 12.1 Å². The SMILES string of the molecule is Cc1cnc(Cl)c(NC(=O)C2CCCC(C(F)(F)F)C2)c1. The van der Waals surface area contributed by atoms with Gasteiger partial charge in [-0.1, -0.05) is 18.0 Å². The molecular formula is C14H16ClF3N2O. The van der Waals surface area contributed by atoms with Gasteiger partial charge in [-0.15, -0.1) is 0 Å². The second-order valence-corrected chi connectivity index (χ2v) is 5.80. The highest BCUT2D eigenvalue weighted by molar-refractivity contribution is 6.32. The van der Waals surface area contributed by atoms with Crippen molar-refractivity contribution in [3.05, 3.63) is 23.0 Å². The van der Waals surface area contributed by atoms with E-state index < -0.39 is 23.9 Å². The number of carbonyl (C=O) groups excluding carboxylic acids is 1. The van der Waals surface area contributed by atoms with E-state index in [2.05, 4.69) is 10.3 Å². The van der Waals surface area contributed by atoms with Crippen LogP contribution in [0.15, 0.2) is 12.3 Å². The highest BCUT2D eigenvalue weighted by Gasteiger charge is 2.43. The van der Waals surface area contributed by atoms with Crippen molar-refractivity contribution >= 4 is 23.2 Å². The zero-order valence-electron chi connectivity index (χ0n) is 11.5. The first kappa shape index (κ1) is 16.1. The van der Waals surface area contributed by atoms with Crippen molar-refractivity contribution in [1.82, 2.24) is 4.98 Å². The molecular weight excluding hydrogens is 305 g/mol. The van der Waals surface area contributed by atoms with Crippen LogP contribution in [0.25, 0.3) is 0 Å². The molecule has 1 fully saturated rings. The summed E-state index contributed by atoms with van der Waals surface area (Å²) in [7, 11) is 0. The van der Waals surface area contributed by atoms with E-state index in [1.807, 2.05) is 0 Å². The third-order valence-corrected chi connectivity index (χ3v) is 4.04. The smallest absolute Gasteiger partial charge is 0.323 e. The Bertz CT molecular complexity index is 533. The number of nitrogens with one attached hydrogen (secondary N) is 1. The van der Waals surface area contributed by atoms with Gasteiger partial charge < -0.3 is 5.32 Å². The molecule has 0 aliphatic heterocycles. The molecule has 1 aliphatic carbocycles. The topological polar surface area (TPSA) is 42.0 Å². The number of amides is 1. The van der Waals surface area contributed by atoms with Crippen LogP contribution < -0.4 is 5.32 Å². The predicted molar refractivity (Wildman–Crippen MR) is 74.1 cm³/mol. The predicted octanol–water partition coefficient (Wildman–Crippen LogP) is 4.35. The molecule has 21 heavy (non-hydrogen) atoms. The third kappa shape index (κ3) is 4.09. The molecule has 1 aromatic heterocycles. The van der Waals surface area contributed by atoms with Crippen LogP contribution in [0.2, 0.25) is 5.15 Å². The average Bonchev–Trinajstić information content (AvgIpc) is 2.42. The average molecular weight is 321 g/mol. The lowest BCUT2D eigenvalue weighted by Gasteiger charge is -2.29. The lowest BCUT2D eigenvalue weighted by Crippen LogP contribution is -2.34. The Morgan fingerprint density at radius 3 is 2.81 bits per heavy atom. The summed E-state index contributed by atoms with van der Waals surface area (Å²) in [6.45, 7) is 1.79. The number of halogens is 4. The van der Waals surface area contributed by atoms with E-state index in [1.165, 1.54) is 0 Å². The zero-order chi connectivity index (χ0) is 15.6. The molecule has 1 heterocycles. The number of carbonyl (C=O) groups is 1. The van der Waals surface area contributed by atoms with Crippen molar-refractivity contribution < 1.29 is 18.0 Å². The molecule has 1 aromatic rings. The van der Waals surface area contributed by atoms with Gasteiger partial charge in [0.15, 0.2) is 5.15 Å². The molecule has 0 spiro atoms. The number of aromatic nitrogens is 1. The summed E-state index contributed by atoms with van der Waals surface area (Å²) in [5.74, 6) is -2.45. The van der Waals surface area contributed by atoms with Crippen LogP contribution >= 0.6 is 11.6 Å². The standard InChI is InChI=1S/C14H16ClF3N2O/c1-8-5-11(12(15)19-7-8)20-13(21)9-3-2-4-10(6-9)14(16,17)18/h5,7,9-10H,2-4,6H2,1H3,(H,20,21). The molecule has 2 rings (SSSR count). The minimum absolute atomic E-state index is 0.0973. The van der Waals surface area contributed by atoms with Crippen LogP contribution in [0.3, 0.4) is 0 Å². The molecule has 3 nitrogen and oxygen atoms in total. The number of anilines is 1. The van der Waals surface area contributed by atoms with E-state index in [9.17, 15) is 18.0 Å². The quantitative estimate of drug-likeness (QED) is 0.823. The van der Waals surface area contributed by atoms with E-state index in [0.29, 0.717) is 18.5 Å². The van der Waals surface area contributed by atoms with Crippen molar-refractivity contribution in [3.8, 4) is 0 Å². The van der Waals surface area contributed by atoms with Gasteiger partial charge in [0.05, 0.1) is 11.6 Å². The minimum atomic E-state index is -4.23. The number of alkyl halides is 3. The lowest BCUT2D eigenvalue weighted by atomic mass is 9.80. The van der Waals surface area contributed by atoms with E-state index in [0.717, 1.165) is 5.56 Å². The Kier molecular flexibility index (Phi) is 4.76. The van der Waals surface area contributed by atoms with E-state index in [1.54, 1.807) is 19.2 Å². The summed E-state index contributed by atoms with van der Waals surface area (Å²) in [5.41, 5.74) is 1.15. The summed E-state index contributed by atoms with van der Waals surface area (Å²) < 4.78 is 38.3. The number of hydrogen-bond acceptors (Lipinski definition) is 2. The van der Waals surface area contributed by atoms with Gasteiger partial charge in [-0.3, -0.25) is 4.79 Å². The largest absolute Gasteiger partial charge is 0.391 e. The number of rotatable bonds is 2. The molecule has 0 saturated heterocycles. The normalized spacial score (nSPS) is 22.9. The summed E-state index contributed by atoms with van der Waals surface area (Å²) in [5, 5.41) is 2.73. The van der Waals surface area contributed by atoms with Gasteiger partial charge in [0.2, 0.25) is 5.91 Å². The van der Waals surface area contributed by atoms with E-state index in [-0.39, 0.29) is 18.0 Å². The molecule has 7 heteroatoms. The molecule has 0 aromatic carbocycles. The number of hydrogen-bond donors (Lipinski definition) is 1. The molecule has 1 amide bonds. The van der Waals surface area contributed by atoms with Crippen molar-refractivity contribution in [2.45, 2.75) is 38.8 Å². The fourth-order valence-corrected chi connectivity index (χ4v) is 2.75. The molecule has 116 valence electrons. The zero-order valence-corrected chi connectivity index (χ0v) is 12.3. The summed E-state index contributed by atoms with van der Waals surface area (Å²) >= 11 is 5.87. The van der Waals surface area contributed by atoms with Crippen molar-refractivity contribution in [3.63, 3.8) is 0 Å². The molecule has 2 atom stereocenters. The maximum Gasteiger partial charge on any atom is 0.391 e. The molecule has 1 saturated carbocycles. The van der Waals surface area contributed by atoms with Gasteiger partial charge in [0.1, 0.15) is 0 Å². The van der Waals surface area contributed by atoms with E-state index in [4.69, 9.17) is 11.6 Å². The maximum atomic E-state index is 12.8. The highest BCUT2D eigenvalue weighted by Crippen LogP contribution is 2.40. The first-order valence-corrected chi connectivity index (χ1v) is 7.15. The van der Waals surface area contributed by atoms with Crippen LogP contribution in [0.1, 0.15) is 31.2 Å². The fraction of sp³-hybridized carbons (Fsp3) is 0.571. The van der Waals surface area contributed by atoms with Gasteiger partial charge >= 0.3 is 6.18 Å². The molecule has 2 unspecified atom stereocenters. The van der Waals surface area contributed by atoms with Gasteiger partial charge in [0.25, 0.3) is 0 Å². The summed E-state index contributed by atoms with van der Waals surface area (Å²) in [6.07, 6.45) is -1.87. The van der Waals surface area contributed by atoms with Crippen LogP contribution in [0, 0.1) is 18.8 Å². The van der Waals surface area contributed by atoms with Gasteiger partial charge in [-0.2, -0.15) is 13.2 Å². The number of pyridine rings is 1. The minimum Gasteiger partial charge on any atom is -0.323 e. The number of nitrogens with zero attached hydrogens (tertiary/aromatic N) is 1. The molecule has 0 bridgehead atoms. The lowest BCUT2D eigenvalue weighted by molar-refractivity contribution is -0.185. The van der Waals surface area contributed by atoms with Crippen molar-refractivity contribution in [2.75, 3.05) is 5.32 Å². The first-order valence-electron chi connectivity index (χ1n) is 6.77. The Balaban J connectivity index is 2.04. The Hall–Kier alpha value is -1.30. The molecule has 0 radical (unpaired) electrons. The Labute approximate surface area is 125 Å². The Morgan fingerprint density at radius 2 is 2.14 bits per heavy atom. The molecule has 1 aliphatic rings. The summed E-state index contributed by atoms with van der Waals surface area (Å²) in [4.78, 5) is 16.0. The van der Waals surface area contributed by atoms with Gasteiger partial charge in [-0.05, 0) is 37.8 Å². The maximum absolute atomic E-state index is 12.8. The second kappa shape index (κ2) is 6.22. The van der Waals surface area contributed by atoms with Crippen LogP contribution in [-0.2, 0) is 4.79 Å². The van der Waals surface area contributed by atoms with Crippen LogP contribution in [-0.4, -0.2) is 17.1 Å². The molecule has 1 N–H and O–H groups in total. The Morgan fingerprint density at radius 1 is 1.43 bits per heavy atom. The first-order chi connectivity index (χ1) is 9.77. The monoisotopic (exact) mass is 320 g/mol. The fourth-order valence-electron chi connectivity index (χ4n) is 2.60. The highest BCUT2D eigenvalue weighted by atomic mass is 35.5. The van der Waals surface area contributed by atoms with Crippen molar-refractivity contribution in [2.24, 2.45) is 11.8 Å². The van der Waals surface area contributed by atoms with Crippen LogP contribution in [0.4, 0.5) is 18.9 Å². The van der Waals surface area contributed by atoms with Crippen LogP contribution in [0.5, 0.6) is 0 Å². The summed E-state index contributed by atoms with van der Waals surface area (Å²) in [6, 6.07) is 1.65.